The molecule has 1 aliphatic rings. The van der Waals surface area contributed by atoms with Crippen LogP contribution in [0.4, 0.5) is 10.7 Å². The fourth-order valence-electron chi connectivity index (χ4n) is 5.56. The van der Waals surface area contributed by atoms with Crippen molar-refractivity contribution in [1.82, 2.24) is 9.88 Å². The number of sulfonamides is 1. The maximum absolute atomic E-state index is 13.6. The van der Waals surface area contributed by atoms with E-state index in [1.54, 1.807) is 59.1 Å². The van der Waals surface area contributed by atoms with Gasteiger partial charge in [-0.25, -0.2) is 13.4 Å². The van der Waals surface area contributed by atoms with Gasteiger partial charge < -0.3 is 10.1 Å². The van der Waals surface area contributed by atoms with Gasteiger partial charge in [-0.05, 0) is 78.2 Å². The van der Waals surface area contributed by atoms with Crippen molar-refractivity contribution in [3.05, 3.63) is 125 Å². The number of para-hydroxylation sites is 1. The number of benzene rings is 4. The third kappa shape index (κ3) is 6.27. The molecule has 0 saturated heterocycles. The molecule has 11 heteroatoms. The number of fused-ring (bicyclic) bond motifs is 2. The number of thiophene rings is 1. The van der Waals surface area contributed by atoms with Crippen LogP contribution < -0.4 is 14.8 Å². The van der Waals surface area contributed by atoms with Crippen LogP contribution in [0.15, 0.2) is 108 Å². The molecule has 0 radical (unpaired) electrons. The Morgan fingerprint density at radius 3 is 2.39 bits per heavy atom. The number of rotatable bonds is 9. The molecule has 0 spiro atoms. The van der Waals surface area contributed by atoms with E-state index in [1.807, 2.05) is 24.3 Å². The molecular weight excluding hydrogens is 637 g/mol. The van der Waals surface area contributed by atoms with E-state index in [2.05, 4.69) is 45.3 Å². The summed E-state index contributed by atoms with van der Waals surface area (Å²) in [6, 6.07) is 31.1. The molecule has 232 valence electrons. The molecule has 6 aromatic rings. The van der Waals surface area contributed by atoms with Gasteiger partial charge in [0.15, 0.2) is 0 Å². The Balaban J connectivity index is 1.14. The van der Waals surface area contributed by atoms with Crippen LogP contribution in [0.1, 0.15) is 26.4 Å². The first-order chi connectivity index (χ1) is 22.4. The Kier molecular flexibility index (Phi) is 8.31. The standard InChI is InChI=1S/C35H30N4O4S3/c1-43-26-15-17-27(18-16-26)46(41,42)38-25-13-11-24(12-14-25)33(40)37-35-32(34-36-29-9-5-6-10-30(29)44-34)28-19-20-39(22-31(28)45-35)21-23-7-3-2-4-8-23/h2-18,38H,19-22H2,1H3,(H,37,40). The van der Waals surface area contributed by atoms with Crippen molar-refractivity contribution in [2.75, 3.05) is 23.7 Å². The van der Waals surface area contributed by atoms with Gasteiger partial charge >= 0.3 is 0 Å². The predicted octanol–water partition coefficient (Wildman–Crippen LogP) is 7.64. The topological polar surface area (TPSA) is 101 Å². The number of carbonyl (C=O) groups is 1. The highest BCUT2D eigenvalue weighted by atomic mass is 32.2. The molecule has 0 saturated carbocycles. The van der Waals surface area contributed by atoms with E-state index in [4.69, 9.17) is 9.72 Å². The van der Waals surface area contributed by atoms with E-state index in [-0.39, 0.29) is 10.8 Å². The monoisotopic (exact) mass is 666 g/mol. The number of ether oxygens (including phenoxy) is 1. The normalized spacial score (nSPS) is 13.3. The minimum Gasteiger partial charge on any atom is -0.497 e. The molecule has 2 N–H and O–H groups in total. The van der Waals surface area contributed by atoms with Crippen LogP contribution in [0.5, 0.6) is 5.75 Å². The Morgan fingerprint density at radius 1 is 0.913 bits per heavy atom. The van der Waals surface area contributed by atoms with Crippen molar-refractivity contribution in [2.24, 2.45) is 0 Å². The molecule has 46 heavy (non-hydrogen) atoms. The van der Waals surface area contributed by atoms with Crippen molar-refractivity contribution >= 4 is 59.5 Å². The summed E-state index contributed by atoms with van der Waals surface area (Å²) in [5.41, 5.74) is 5.23. The zero-order chi connectivity index (χ0) is 31.7. The second kappa shape index (κ2) is 12.7. The lowest BCUT2D eigenvalue weighted by molar-refractivity contribution is 0.102. The van der Waals surface area contributed by atoms with Gasteiger partial charge in [-0.15, -0.1) is 22.7 Å². The fourth-order valence-corrected chi connectivity index (χ4v) is 9.01. The van der Waals surface area contributed by atoms with E-state index in [0.717, 1.165) is 51.8 Å². The minimum atomic E-state index is -3.81. The summed E-state index contributed by atoms with van der Waals surface area (Å²) < 4.78 is 34.6. The molecule has 2 aromatic heterocycles. The highest BCUT2D eigenvalue weighted by molar-refractivity contribution is 7.92. The molecule has 4 aromatic carbocycles. The summed E-state index contributed by atoms with van der Waals surface area (Å²) in [5, 5.41) is 4.85. The summed E-state index contributed by atoms with van der Waals surface area (Å²) in [4.78, 5) is 22.3. The second-order valence-corrected chi connectivity index (χ2v) is 14.8. The van der Waals surface area contributed by atoms with Crippen molar-refractivity contribution in [1.29, 1.82) is 0 Å². The summed E-state index contributed by atoms with van der Waals surface area (Å²) in [6.07, 6.45) is 0.864. The van der Waals surface area contributed by atoms with Gasteiger partial charge in [0.25, 0.3) is 15.9 Å². The molecule has 1 aliphatic heterocycles. The average Bonchev–Trinajstić information content (AvgIpc) is 3.66. The largest absolute Gasteiger partial charge is 0.497 e. The number of thiazole rings is 1. The van der Waals surface area contributed by atoms with Gasteiger partial charge in [0.05, 0.1) is 22.2 Å². The first-order valence-electron chi connectivity index (χ1n) is 14.7. The molecule has 0 atom stereocenters. The zero-order valence-electron chi connectivity index (χ0n) is 24.9. The fraction of sp³-hybridized carbons (Fsp3) is 0.143. The summed E-state index contributed by atoms with van der Waals surface area (Å²) in [5.74, 6) is 0.295. The molecule has 3 heterocycles. The maximum Gasteiger partial charge on any atom is 0.261 e. The zero-order valence-corrected chi connectivity index (χ0v) is 27.3. The van der Waals surface area contributed by atoms with Gasteiger partial charge in [0, 0.05) is 41.3 Å². The Bertz CT molecular complexity index is 2090. The molecule has 8 nitrogen and oxygen atoms in total. The third-order valence-corrected chi connectivity index (χ3v) is 11.5. The quantitative estimate of drug-likeness (QED) is 0.165. The van der Waals surface area contributed by atoms with Crippen LogP contribution in [0.25, 0.3) is 20.8 Å². The molecule has 0 aliphatic carbocycles. The number of carbonyl (C=O) groups excluding carboxylic acids is 1. The van der Waals surface area contributed by atoms with E-state index in [0.29, 0.717) is 17.0 Å². The maximum atomic E-state index is 13.6. The lowest BCUT2D eigenvalue weighted by atomic mass is 10.0. The predicted molar refractivity (Wildman–Crippen MR) is 185 cm³/mol. The van der Waals surface area contributed by atoms with Crippen molar-refractivity contribution in [3.63, 3.8) is 0 Å². The van der Waals surface area contributed by atoms with Gasteiger partial charge in [0.2, 0.25) is 0 Å². The Hall–Kier alpha value is -4.55. The highest BCUT2D eigenvalue weighted by Gasteiger charge is 2.28. The van der Waals surface area contributed by atoms with Gasteiger partial charge in [0.1, 0.15) is 15.8 Å². The van der Waals surface area contributed by atoms with Crippen LogP contribution in [0.2, 0.25) is 0 Å². The number of anilines is 2. The molecule has 0 fully saturated rings. The molecule has 7 rings (SSSR count). The lowest BCUT2D eigenvalue weighted by Crippen LogP contribution is -2.29. The van der Waals surface area contributed by atoms with E-state index >= 15 is 0 Å². The number of methoxy groups -OCH3 is 1. The number of nitrogens with one attached hydrogen (secondary N) is 2. The lowest BCUT2D eigenvalue weighted by Gasteiger charge is -2.27. The van der Waals surface area contributed by atoms with Gasteiger partial charge in [-0.3, -0.25) is 14.4 Å². The number of nitrogens with zero attached hydrogens (tertiary/aromatic N) is 2. The Morgan fingerprint density at radius 2 is 1.65 bits per heavy atom. The number of amides is 1. The van der Waals surface area contributed by atoms with Crippen molar-refractivity contribution in [2.45, 2.75) is 24.4 Å². The molecular formula is C35H30N4O4S3. The van der Waals surface area contributed by atoms with Crippen LogP contribution in [-0.4, -0.2) is 37.9 Å². The third-order valence-electron chi connectivity index (χ3n) is 7.89. The molecule has 0 unspecified atom stereocenters. The highest BCUT2D eigenvalue weighted by Crippen LogP contribution is 2.46. The first kappa shape index (κ1) is 30.1. The summed E-state index contributed by atoms with van der Waals surface area (Å²) in [7, 11) is -2.29. The first-order valence-corrected chi connectivity index (χ1v) is 17.8. The van der Waals surface area contributed by atoms with Crippen LogP contribution in [0.3, 0.4) is 0 Å². The average molecular weight is 667 g/mol. The summed E-state index contributed by atoms with van der Waals surface area (Å²) >= 11 is 3.24. The molecule has 1 amide bonds. The Labute approximate surface area is 275 Å². The van der Waals surface area contributed by atoms with Crippen molar-refractivity contribution in [3.8, 4) is 16.3 Å². The smallest absolute Gasteiger partial charge is 0.261 e. The van der Waals surface area contributed by atoms with Gasteiger partial charge in [-0.2, -0.15) is 0 Å². The number of hydrogen-bond acceptors (Lipinski definition) is 8. The van der Waals surface area contributed by atoms with Crippen LogP contribution in [-0.2, 0) is 29.5 Å². The van der Waals surface area contributed by atoms with E-state index in [1.165, 1.54) is 35.2 Å². The summed E-state index contributed by atoms with van der Waals surface area (Å²) in [6.45, 7) is 2.58. The van der Waals surface area contributed by atoms with E-state index in [9.17, 15) is 13.2 Å². The SMILES string of the molecule is COc1ccc(S(=O)(=O)Nc2ccc(C(=O)Nc3sc4c(c3-c3nc5ccccc5s3)CCN(Cc3ccccc3)C4)cc2)cc1. The minimum absolute atomic E-state index is 0.112. The molecule has 0 bridgehead atoms. The van der Waals surface area contributed by atoms with E-state index < -0.39 is 10.0 Å². The second-order valence-electron chi connectivity index (χ2n) is 11.0. The van der Waals surface area contributed by atoms with Gasteiger partial charge in [-0.1, -0.05) is 42.5 Å². The van der Waals surface area contributed by atoms with Crippen LogP contribution in [0, 0.1) is 0 Å². The van der Waals surface area contributed by atoms with Crippen LogP contribution >= 0.6 is 22.7 Å². The number of hydrogen-bond donors (Lipinski definition) is 2. The van der Waals surface area contributed by atoms with Crippen molar-refractivity contribution < 1.29 is 17.9 Å². The number of aromatic nitrogens is 1.